The van der Waals surface area contributed by atoms with Crippen LogP contribution < -0.4 is 5.73 Å². The molecule has 1 aliphatic rings. The van der Waals surface area contributed by atoms with Crippen LogP contribution in [0, 0.1) is 29.4 Å². The van der Waals surface area contributed by atoms with Crippen molar-refractivity contribution in [2.75, 3.05) is 0 Å². The molecule has 1 fully saturated rings. The zero-order valence-electron chi connectivity index (χ0n) is 12.6. The minimum absolute atomic E-state index is 0.0406. The van der Waals surface area contributed by atoms with Crippen LogP contribution >= 0.6 is 0 Å². The molecule has 0 saturated heterocycles. The van der Waals surface area contributed by atoms with Crippen LogP contribution in [0.4, 0.5) is 8.78 Å². The fourth-order valence-corrected chi connectivity index (χ4v) is 2.95. The maximum Gasteiger partial charge on any atom is 0.221 e. The average Bonchev–Trinajstić information content (AvgIpc) is 3.19. The number of hydrogen-bond donors (Lipinski definition) is 1. The van der Waals surface area contributed by atoms with Gasteiger partial charge in [0.05, 0.1) is 0 Å². The Morgan fingerprint density at radius 3 is 2.23 bits per heavy atom. The summed E-state index contributed by atoms with van der Waals surface area (Å²) in [4.78, 5) is 23.6. The molecule has 2 unspecified atom stereocenters. The van der Waals surface area contributed by atoms with Gasteiger partial charge in [-0.3, -0.25) is 9.59 Å². The van der Waals surface area contributed by atoms with E-state index in [2.05, 4.69) is 0 Å². The van der Waals surface area contributed by atoms with Gasteiger partial charge in [-0.1, -0.05) is 12.8 Å². The molecule has 3 nitrogen and oxygen atoms in total. The lowest BCUT2D eigenvalue weighted by molar-refractivity contribution is -0.131. The first-order valence-electron chi connectivity index (χ1n) is 7.61. The number of primary amides is 1. The van der Waals surface area contributed by atoms with Gasteiger partial charge < -0.3 is 5.73 Å². The highest BCUT2D eigenvalue weighted by atomic mass is 19.1. The first-order chi connectivity index (χ1) is 10.4. The van der Waals surface area contributed by atoms with Crippen molar-refractivity contribution in [2.24, 2.45) is 23.5 Å². The van der Waals surface area contributed by atoms with Crippen LogP contribution in [-0.2, 0) is 16.0 Å². The number of Topliss-reactive ketones (excluding diaryl/α,β-unsaturated/α-hetero) is 1. The Balaban J connectivity index is 2.06. The highest BCUT2D eigenvalue weighted by Gasteiger charge is 2.35. The van der Waals surface area contributed by atoms with Crippen LogP contribution in [0.2, 0.25) is 0 Å². The van der Waals surface area contributed by atoms with Gasteiger partial charge >= 0.3 is 0 Å². The lowest BCUT2D eigenvalue weighted by Crippen LogP contribution is -2.34. The molecule has 0 radical (unpaired) electrons. The van der Waals surface area contributed by atoms with Crippen molar-refractivity contribution in [1.82, 2.24) is 0 Å². The van der Waals surface area contributed by atoms with Gasteiger partial charge in [0.15, 0.2) is 0 Å². The quantitative estimate of drug-likeness (QED) is 0.802. The third kappa shape index (κ3) is 4.61. The summed E-state index contributed by atoms with van der Waals surface area (Å²) in [5.74, 6) is -2.31. The van der Waals surface area contributed by atoms with Gasteiger partial charge in [-0.2, -0.15) is 0 Å². The Kier molecular flexibility index (Phi) is 5.27. The van der Waals surface area contributed by atoms with Crippen LogP contribution in [-0.4, -0.2) is 11.7 Å². The van der Waals surface area contributed by atoms with Gasteiger partial charge in [0, 0.05) is 17.9 Å². The number of ketones is 1. The fourth-order valence-electron chi connectivity index (χ4n) is 2.95. The summed E-state index contributed by atoms with van der Waals surface area (Å²) in [7, 11) is 0. The lowest BCUT2D eigenvalue weighted by Gasteiger charge is -2.22. The Morgan fingerprint density at radius 1 is 1.18 bits per heavy atom. The Hall–Kier alpha value is -1.78. The van der Waals surface area contributed by atoms with Gasteiger partial charge in [-0.15, -0.1) is 0 Å². The number of nitrogens with two attached hydrogens (primary N) is 1. The van der Waals surface area contributed by atoms with Gasteiger partial charge in [-0.25, -0.2) is 8.78 Å². The molecule has 0 heterocycles. The Labute approximate surface area is 128 Å². The number of benzene rings is 1. The second-order valence-corrected chi connectivity index (χ2v) is 6.22. The lowest BCUT2D eigenvalue weighted by atomic mass is 9.81. The summed E-state index contributed by atoms with van der Waals surface area (Å²) >= 11 is 0. The molecule has 1 aromatic rings. The van der Waals surface area contributed by atoms with E-state index in [0.717, 1.165) is 18.9 Å². The molecule has 2 atom stereocenters. The van der Waals surface area contributed by atoms with E-state index in [0.29, 0.717) is 30.7 Å². The predicted octanol–water partition coefficient (Wildman–Crippen LogP) is 3.00. The Morgan fingerprint density at radius 2 is 1.77 bits per heavy atom. The van der Waals surface area contributed by atoms with Gasteiger partial charge in [0.1, 0.15) is 17.4 Å². The van der Waals surface area contributed by atoms with E-state index in [1.54, 1.807) is 0 Å². The normalized spacial score (nSPS) is 17.0. The highest BCUT2D eigenvalue weighted by Crippen LogP contribution is 2.38. The molecule has 1 aromatic carbocycles. The number of aryl methyl sites for hydroxylation is 1. The number of rotatable bonds is 8. The third-order valence-electron chi connectivity index (χ3n) is 4.32. The molecule has 1 saturated carbocycles. The number of hydrogen-bond acceptors (Lipinski definition) is 2. The highest BCUT2D eigenvalue weighted by molar-refractivity contribution is 5.86. The molecule has 5 heteroatoms. The van der Waals surface area contributed by atoms with Crippen molar-refractivity contribution < 1.29 is 18.4 Å². The summed E-state index contributed by atoms with van der Waals surface area (Å²) in [5, 5.41) is 0. The molecule has 1 aliphatic carbocycles. The topological polar surface area (TPSA) is 60.2 Å². The summed E-state index contributed by atoms with van der Waals surface area (Å²) in [6.07, 6.45) is 3.50. The molecule has 0 aromatic heterocycles. The first-order valence-corrected chi connectivity index (χ1v) is 7.61. The smallest absolute Gasteiger partial charge is 0.221 e. The van der Waals surface area contributed by atoms with E-state index in [-0.39, 0.29) is 11.7 Å². The maximum absolute atomic E-state index is 13.2. The average molecular weight is 309 g/mol. The second-order valence-electron chi connectivity index (χ2n) is 6.22. The van der Waals surface area contributed by atoms with E-state index in [9.17, 15) is 18.4 Å². The minimum atomic E-state index is -0.647. The molecular weight excluding hydrogens is 288 g/mol. The summed E-state index contributed by atoms with van der Waals surface area (Å²) in [6.45, 7) is 1.48. The first kappa shape index (κ1) is 16.6. The fraction of sp³-hybridized carbons (Fsp3) is 0.529. The predicted molar refractivity (Wildman–Crippen MR) is 78.9 cm³/mol. The van der Waals surface area contributed by atoms with Gasteiger partial charge in [-0.05, 0) is 49.8 Å². The zero-order valence-corrected chi connectivity index (χ0v) is 12.6. The van der Waals surface area contributed by atoms with Crippen molar-refractivity contribution in [3.63, 3.8) is 0 Å². The van der Waals surface area contributed by atoms with E-state index >= 15 is 0 Å². The second kappa shape index (κ2) is 6.99. The molecule has 22 heavy (non-hydrogen) atoms. The largest absolute Gasteiger partial charge is 0.369 e. The summed E-state index contributed by atoms with van der Waals surface area (Å²) in [5.41, 5.74) is 5.93. The van der Waals surface area contributed by atoms with E-state index in [1.807, 2.05) is 0 Å². The van der Waals surface area contributed by atoms with Crippen molar-refractivity contribution >= 4 is 11.7 Å². The van der Waals surface area contributed by atoms with Gasteiger partial charge in [0.25, 0.3) is 0 Å². The summed E-state index contributed by atoms with van der Waals surface area (Å²) < 4.78 is 26.4. The number of amides is 1. The van der Waals surface area contributed by atoms with Gasteiger partial charge in [0.2, 0.25) is 5.91 Å². The summed E-state index contributed by atoms with van der Waals surface area (Å²) in [6, 6.07) is 3.29. The molecule has 120 valence electrons. The van der Waals surface area contributed by atoms with Crippen molar-refractivity contribution in [2.45, 2.75) is 39.0 Å². The van der Waals surface area contributed by atoms with Crippen molar-refractivity contribution in [3.8, 4) is 0 Å². The third-order valence-corrected chi connectivity index (χ3v) is 4.32. The number of carbonyl (C=O) groups is 2. The monoisotopic (exact) mass is 309 g/mol. The molecule has 0 bridgehead atoms. The SMILES string of the molecule is CC(=O)C(CC1CC1)C(CCc1cc(F)cc(F)c1)C(N)=O. The molecule has 1 amide bonds. The van der Waals surface area contributed by atoms with E-state index < -0.39 is 23.5 Å². The van der Waals surface area contributed by atoms with Crippen LogP contribution in [0.5, 0.6) is 0 Å². The molecule has 0 aliphatic heterocycles. The zero-order chi connectivity index (χ0) is 16.3. The minimum Gasteiger partial charge on any atom is -0.369 e. The molecule has 0 spiro atoms. The maximum atomic E-state index is 13.2. The van der Waals surface area contributed by atoms with Crippen LogP contribution in [0.3, 0.4) is 0 Å². The van der Waals surface area contributed by atoms with E-state index in [4.69, 9.17) is 5.73 Å². The van der Waals surface area contributed by atoms with Crippen LogP contribution in [0.25, 0.3) is 0 Å². The van der Waals surface area contributed by atoms with E-state index in [1.165, 1.54) is 19.1 Å². The van der Waals surface area contributed by atoms with Crippen molar-refractivity contribution in [1.29, 1.82) is 0 Å². The Bertz CT molecular complexity index is 550. The molecule has 2 rings (SSSR count). The van der Waals surface area contributed by atoms with Crippen molar-refractivity contribution in [3.05, 3.63) is 35.4 Å². The number of halogens is 2. The molecular formula is C17H21F2NO2. The molecule has 2 N–H and O–H groups in total. The number of carbonyl (C=O) groups excluding carboxylic acids is 2. The standard InChI is InChI=1S/C17H21F2NO2/c1-10(21)16(8-11-2-3-11)15(17(20)22)5-4-12-6-13(18)9-14(19)7-12/h6-7,9,11,15-16H,2-5,8H2,1H3,(H2,20,22). The van der Waals surface area contributed by atoms with Crippen LogP contribution in [0.1, 0.15) is 38.2 Å². The van der Waals surface area contributed by atoms with Crippen LogP contribution in [0.15, 0.2) is 18.2 Å².